The van der Waals surface area contributed by atoms with Crippen LogP contribution in [0.2, 0.25) is 0 Å². The number of hydrogen-bond donors (Lipinski definition) is 2. The number of benzene rings is 2. The third kappa shape index (κ3) is 5.81. The molecule has 1 atom stereocenters. The Balaban J connectivity index is 1.80. The van der Waals surface area contributed by atoms with E-state index in [1.807, 2.05) is 51.0 Å². The number of anilines is 2. The number of aliphatic imine (C=N–C) groups is 1. The van der Waals surface area contributed by atoms with Crippen molar-refractivity contribution in [2.45, 2.75) is 32.8 Å². The number of hydrogen-bond acceptors (Lipinski definition) is 4. The first-order valence-corrected chi connectivity index (χ1v) is 10.0. The van der Waals surface area contributed by atoms with Gasteiger partial charge in [-0.3, -0.25) is 10.1 Å². The highest BCUT2D eigenvalue weighted by Gasteiger charge is 2.16. The van der Waals surface area contributed by atoms with Gasteiger partial charge in [0.15, 0.2) is 0 Å². The average Bonchev–Trinajstić information content (AvgIpc) is 3.22. The number of carbonyl (C=O) groups excluding carboxylic acids is 1. The van der Waals surface area contributed by atoms with E-state index in [1.165, 1.54) is 0 Å². The number of carbonyl (C=O) groups is 1. The second kappa shape index (κ2) is 9.56. The van der Waals surface area contributed by atoms with Gasteiger partial charge in [-0.25, -0.2) is 4.99 Å². The molecule has 0 spiro atoms. The average molecular weight is 395 g/mol. The van der Waals surface area contributed by atoms with Crippen LogP contribution in [0.25, 0.3) is 0 Å². The number of nitrogens with one attached hydrogen (secondary N) is 2. The summed E-state index contributed by atoms with van der Waals surface area (Å²) in [6.45, 7) is 5.37. The zero-order valence-electron chi connectivity index (χ0n) is 17.7. The van der Waals surface area contributed by atoms with Gasteiger partial charge in [0.05, 0.1) is 12.6 Å². The number of nitrogens with zero attached hydrogens (tertiary/aromatic N) is 2. The second-order valence-electron chi connectivity index (χ2n) is 7.67. The molecule has 1 heterocycles. The van der Waals surface area contributed by atoms with Crippen LogP contribution in [0.4, 0.5) is 11.4 Å². The van der Waals surface area contributed by atoms with Crippen LogP contribution in [-0.4, -0.2) is 45.2 Å². The van der Waals surface area contributed by atoms with Gasteiger partial charge in [-0.15, -0.1) is 0 Å². The molecule has 3 rings (SSSR count). The maximum atomic E-state index is 12.9. The summed E-state index contributed by atoms with van der Waals surface area (Å²) in [6, 6.07) is 13.7. The van der Waals surface area contributed by atoms with Crippen molar-refractivity contribution >= 4 is 23.2 Å². The fourth-order valence-corrected chi connectivity index (χ4v) is 3.19. The van der Waals surface area contributed by atoms with E-state index in [2.05, 4.69) is 33.8 Å². The molecular weight excluding hydrogens is 364 g/mol. The summed E-state index contributed by atoms with van der Waals surface area (Å²) >= 11 is 0. The van der Waals surface area contributed by atoms with Crippen molar-refractivity contribution in [2.24, 2.45) is 4.99 Å². The number of guanidine groups is 1. The first-order chi connectivity index (χ1) is 13.9. The molecule has 0 unspecified atom stereocenters. The van der Waals surface area contributed by atoms with E-state index in [4.69, 9.17) is 4.74 Å². The van der Waals surface area contributed by atoms with Gasteiger partial charge in [0.25, 0.3) is 5.91 Å². The van der Waals surface area contributed by atoms with E-state index in [1.54, 1.807) is 6.07 Å². The molecule has 1 saturated heterocycles. The third-order valence-electron chi connectivity index (χ3n) is 4.98. The van der Waals surface area contributed by atoms with Gasteiger partial charge >= 0.3 is 0 Å². The Hall–Kier alpha value is -2.86. The summed E-state index contributed by atoms with van der Waals surface area (Å²) in [7, 11) is 3.90. The lowest BCUT2D eigenvalue weighted by molar-refractivity contribution is 0.0975. The van der Waals surface area contributed by atoms with Crippen molar-refractivity contribution in [1.82, 2.24) is 5.32 Å². The summed E-state index contributed by atoms with van der Waals surface area (Å²) in [5.41, 5.74) is 4.71. The van der Waals surface area contributed by atoms with Crippen molar-refractivity contribution in [3.63, 3.8) is 0 Å². The first-order valence-electron chi connectivity index (χ1n) is 10.0. The molecule has 154 valence electrons. The molecule has 6 heteroatoms. The van der Waals surface area contributed by atoms with Crippen LogP contribution < -0.4 is 15.5 Å². The zero-order valence-corrected chi connectivity index (χ0v) is 17.7. The third-order valence-corrected chi connectivity index (χ3v) is 4.98. The summed E-state index contributed by atoms with van der Waals surface area (Å²) in [5.74, 6) is 0.243. The topological polar surface area (TPSA) is 66.0 Å². The smallest absolute Gasteiger partial charge is 0.258 e. The maximum absolute atomic E-state index is 12.9. The maximum Gasteiger partial charge on any atom is 0.258 e. The standard InChI is InChI=1S/C23H30N4O2/c1-16-10-11-17(2)21(13-16)25-23(24-15-20-9-6-12-29-20)26-22(28)18-7-5-8-19(14-18)27(3)4/h5,7-8,10-11,13-14,20H,6,9,12,15H2,1-4H3,(H2,24,25,26,28)/t20-/m0/s1. The minimum Gasteiger partial charge on any atom is -0.378 e. The lowest BCUT2D eigenvalue weighted by atomic mass is 10.1. The minimum atomic E-state index is -0.197. The van der Waals surface area contributed by atoms with Gasteiger partial charge in [0.2, 0.25) is 5.96 Å². The molecule has 0 aromatic heterocycles. The summed E-state index contributed by atoms with van der Waals surface area (Å²) < 4.78 is 5.68. The van der Waals surface area contributed by atoms with Crippen LogP contribution in [0.5, 0.6) is 0 Å². The van der Waals surface area contributed by atoms with Gasteiger partial charge in [0, 0.05) is 37.6 Å². The van der Waals surface area contributed by atoms with Crippen molar-refractivity contribution in [3.05, 3.63) is 59.2 Å². The van der Waals surface area contributed by atoms with Crippen molar-refractivity contribution < 1.29 is 9.53 Å². The van der Waals surface area contributed by atoms with E-state index >= 15 is 0 Å². The lowest BCUT2D eigenvalue weighted by Gasteiger charge is -2.16. The molecule has 0 radical (unpaired) electrons. The second-order valence-corrected chi connectivity index (χ2v) is 7.67. The number of ether oxygens (including phenoxy) is 1. The summed E-state index contributed by atoms with van der Waals surface area (Å²) in [4.78, 5) is 19.5. The van der Waals surface area contributed by atoms with Gasteiger partial charge in [-0.2, -0.15) is 0 Å². The molecule has 1 amide bonds. The molecular formula is C23H30N4O2. The first kappa shape index (κ1) is 20.9. The van der Waals surface area contributed by atoms with Crippen LogP contribution in [-0.2, 0) is 4.74 Å². The minimum absolute atomic E-state index is 0.111. The monoisotopic (exact) mass is 394 g/mol. The highest BCUT2D eigenvalue weighted by atomic mass is 16.5. The highest BCUT2D eigenvalue weighted by molar-refractivity contribution is 6.10. The van der Waals surface area contributed by atoms with Crippen molar-refractivity contribution in [1.29, 1.82) is 0 Å². The zero-order chi connectivity index (χ0) is 20.8. The largest absolute Gasteiger partial charge is 0.378 e. The van der Waals surface area contributed by atoms with E-state index in [9.17, 15) is 4.79 Å². The molecule has 0 saturated carbocycles. The molecule has 0 bridgehead atoms. The molecule has 1 aliphatic heterocycles. The van der Waals surface area contributed by atoms with Crippen molar-refractivity contribution in [3.8, 4) is 0 Å². The van der Waals surface area contributed by atoms with Gasteiger partial charge in [-0.05, 0) is 62.1 Å². The Morgan fingerprint density at radius 3 is 2.76 bits per heavy atom. The van der Waals surface area contributed by atoms with E-state index in [0.717, 1.165) is 42.0 Å². The SMILES string of the molecule is Cc1ccc(C)c(NC(=NC[C@@H]2CCCO2)NC(=O)c2cccc(N(C)C)c2)c1. The molecule has 1 fully saturated rings. The van der Waals surface area contributed by atoms with E-state index in [-0.39, 0.29) is 12.0 Å². The van der Waals surface area contributed by atoms with Crippen molar-refractivity contribution in [2.75, 3.05) is 37.5 Å². The van der Waals surface area contributed by atoms with E-state index < -0.39 is 0 Å². The van der Waals surface area contributed by atoms with Crippen LogP contribution in [0.3, 0.4) is 0 Å². The molecule has 6 nitrogen and oxygen atoms in total. The molecule has 2 N–H and O–H groups in total. The van der Waals surface area contributed by atoms with Gasteiger partial charge < -0.3 is 15.0 Å². The highest BCUT2D eigenvalue weighted by Crippen LogP contribution is 2.17. The van der Waals surface area contributed by atoms with Crippen LogP contribution in [0.1, 0.15) is 34.3 Å². The van der Waals surface area contributed by atoms with Crippen LogP contribution in [0, 0.1) is 13.8 Å². The number of aryl methyl sites for hydroxylation is 2. The van der Waals surface area contributed by atoms with Crippen LogP contribution in [0.15, 0.2) is 47.5 Å². The Morgan fingerprint density at radius 1 is 1.21 bits per heavy atom. The molecule has 2 aromatic carbocycles. The fraction of sp³-hybridized carbons (Fsp3) is 0.391. The Bertz CT molecular complexity index is 886. The summed E-state index contributed by atoms with van der Waals surface area (Å²) in [6.07, 6.45) is 2.17. The molecule has 2 aromatic rings. The Kier molecular flexibility index (Phi) is 6.88. The summed E-state index contributed by atoms with van der Waals surface area (Å²) in [5, 5.41) is 6.25. The molecule has 1 aliphatic rings. The Labute approximate surface area is 173 Å². The van der Waals surface area contributed by atoms with Gasteiger partial charge in [0.1, 0.15) is 0 Å². The quantitative estimate of drug-likeness (QED) is 0.599. The molecule has 0 aliphatic carbocycles. The molecule has 29 heavy (non-hydrogen) atoms. The van der Waals surface area contributed by atoms with Gasteiger partial charge in [-0.1, -0.05) is 18.2 Å². The Morgan fingerprint density at radius 2 is 2.03 bits per heavy atom. The van der Waals surface area contributed by atoms with E-state index in [0.29, 0.717) is 18.1 Å². The number of rotatable bonds is 5. The number of amides is 1. The fourth-order valence-electron chi connectivity index (χ4n) is 3.19. The predicted molar refractivity (Wildman–Crippen MR) is 119 cm³/mol. The predicted octanol–water partition coefficient (Wildman–Crippen LogP) is 3.75. The lowest BCUT2D eigenvalue weighted by Crippen LogP contribution is -2.37. The normalized spacial score (nSPS) is 16.6. The van der Waals surface area contributed by atoms with Crippen LogP contribution >= 0.6 is 0 Å².